The summed E-state index contributed by atoms with van der Waals surface area (Å²) in [5, 5.41) is 0. The molecule has 0 amide bonds. The zero-order chi connectivity index (χ0) is 23.6. The second-order valence-corrected chi connectivity index (χ2v) is 13.2. The molecule has 32 heavy (non-hydrogen) atoms. The lowest BCUT2D eigenvalue weighted by atomic mass is 9.80. The number of rotatable bonds is 22. The van der Waals surface area contributed by atoms with E-state index in [2.05, 4.69) is 27.7 Å². The Bertz CT molecular complexity index is 395. The highest BCUT2D eigenvalue weighted by molar-refractivity contribution is 6.62. The maximum Gasteiger partial charge on any atom is 0.503 e. The van der Waals surface area contributed by atoms with Gasteiger partial charge in [0.1, 0.15) is 0 Å². The van der Waals surface area contributed by atoms with E-state index >= 15 is 0 Å². The molecule has 4 nitrogen and oxygen atoms in total. The van der Waals surface area contributed by atoms with Gasteiger partial charge >= 0.3 is 8.80 Å². The number of hydrogen-bond acceptors (Lipinski definition) is 4. The van der Waals surface area contributed by atoms with Crippen LogP contribution in [0.5, 0.6) is 0 Å². The molecular formula is C26H58ClNO3Si. The third-order valence-corrected chi connectivity index (χ3v) is 10.3. The average Bonchev–Trinajstić information content (AvgIpc) is 2.74. The zero-order valence-corrected chi connectivity index (χ0v) is 24.5. The average molecular weight is 496 g/mol. The van der Waals surface area contributed by atoms with Gasteiger partial charge in [-0.3, -0.25) is 0 Å². The van der Waals surface area contributed by atoms with Gasteiger partial charge in [-0.1, -0.05) is 104 Å². The number of halogens is 1. The Hall–Kier alpha value is 0.347. The van der Waals surface area contributed by atoms with Crippen LogP contribution in [0.1, 0.15) is 130 Å². The predicted molar refractivity (Wildman–Crippen MR) is 145 cm³/mol. The molecule has 0 saturated heterocycles. The van der Waals surface area contributed by atoms with E-state index in [1.54, 1.807) is 21.3 Å². The Labute approximate surface area is 208 Å². The number of unbranched alkanes of at least 4 members (excludes halogenated alkanes) is 12. The molecule has 2 N–H and O–H groups in total. The van der Waals surface area contributed by atoms with Crippen LogP contribution in [0.3, 0.4) is 0 Å². The molecule has 0 aliphatic rings. The molecule has 2 unspecified atom stereocenters. The fourth-order valence-corrected chi connectivity index (χ4v) is 8.17. The summed E-state index contributed by atoms with van der Waals surface area (Å²) in [5.74, 6) is 0.335. The van der Waals surface area contributed by atoms with Crippen LogP contribution < -0.4 is 5.73 Å². The molecule has 0 aliphatic carbocycles. The van der Waals surface area contributed by atoms with Crippen molar-refractivity contribution >= 4 is 21.2 Å². The summed E-state index contributed by atoms with van der Waals surface area (Å²) in [6.45, 7) is 8.80. The van der Waals surface area contributed by atoms with Crippen LogP contribution in [-0.4, -0.2) is 35.7 Å². The Morgan fingerprint density at radius 3 is 1.31 bits per heavy atom. The fourth-order valence-electron chi connectivity index (χ4n) is 5.11. The van der Waals surface area contributed by atoms with Gasteiger partial charge in [0, 0.05) is 32.4 Å². The Balaban J connectivity index is 0. The molecule has 0 fully saturated rings. The molecule has 6 heteroatoms. The topological polar surface area (TPSA) is 53.7 Å². The third-order valence-electron chi connectivity index (χ3n) is 6.97. The van der Waals surface area contributed by atoms with E-state index in [-0.39, 0.29) is 23.5 Å². The summed E-state index contributed by atoms with van der Waals surface area (Å²) in [6, 6.07) is 0. The summed E-state index contributed by atoms with van der Waals surface area (Å²) in [6.07, 6.45) is 21.1. The summed E-state index contributed by atoms with van der Waals surface area (Å²) in [5.41, 5.74) is 6.60. The van der Waals surface area contributed by atoms with Gasteiger partial charge < -0.3 is 19.0 Å². The number of hydrogen-bond donors (Lipinski definition) is 1. The quantitative estimate of drug-likeness (QED) is 0.121. The van der Waals surface area contributed by atoms with Crippen LogP contribution >= 0.6 is 12.4 Å². The van der Waals surface area contributed by atoms with Gasteiger partial charge in [0.15, 0.2) is 0 Å². The van der Waals surface area contributed by atoms with Crippen molar-refractivity contribution in [1.82, 2.24) is 0 Å². The van der Waals surface area contributed by atoms with E-state index in [1.807, 2.05) is 0 Å². The standard InChI is InChI=1S/C26H57NO3Si.ClH/c1-8-10-11-12-13-14-15-16-17-18-19-20-21-23-25(31(28-5,29-6)30-7)24(22-9-2)26(3,4)27;/h24-25H,8-23,27H2,1-7H3;1H. The minimum Gasteiger partial charge on any atom is -0.377 e. The van der Waals surface area contributed by atoms with Crippen molar-refractivity contribution in [3.05, 3.63) is 0 Å². The second kappa shape index (κ2) is 20.7. The SMILES string of the molecule is CCCCCCCCCCCCCCCC(C(CCC)C(C)(C)N)[Si](OC)(OC)OC.Cl. The van der Waals surface area contributed by atoms with Gasteiger partial charge in [-0.05, 0) is 32.6 Å². The first-order valence-corrected chi connectivity index (χ1v) is 15.1. The van der Waals surface area contributed by atoms with E-state index in [0.717, 1.165) is 19.3 Å². The highest BCUT2D eigenvalue weighted by Gasteiger charge is 2.52. The molecule has 0 radical (unpaired) electrons. The lowest BCUT2D eigenvalue weighted by Gasteiger charge is -2.43. The first-order chi connectivity index (χ1) is 14.8. The van der Waals surface area contributed by atoms with Crippen LogP contribution in [0.2, 0.25) is 5.54 Å². The van der Waals surface area contributed by atoms with Gasteiger partial charge in [-0.2, -0.15) is 0 Å². The van der Waals surface area contributed by atoms with E-state index in [4.69, 9.17) is 19.0 Å². The minimum atomic E-state index is -2.74. The Kier molecular flexibility index (Phi) is 22.3. The van der Waals surface area contributed by atoms with Gasteiger partial charge in [0.25, 0.3) is 0 Å². The largest absolute Gasteiger partial charge is 0.503 e. The van der Waals surface area contributed by atoms with E-state index in [9.17, 15) is 0 Å². The molecule has 0 aliphatic heterocycles. The monoisotopic (exact) mass is 495 g/mol. The minimum absolute atomic E-state index is 0. The molecule has 0 heterocycles. The van der Waals surface area contributed by atoms with Crippen LogP contribution in [0.15, 0.2) is 0 Å². The molecule has 0 bridgehead atoms. The summed E-state index contributed by atoms with van der Waals surface area (Å²) < 4.78 is 17.8. The first-order valence-electron chi connectivity index (χ1n) is 13.3. The molecule has 0 spiro atoms. The third kappa shape index (κ3) is 13.9. The molecule has 0 aromatic rings. The molecule has 196 valence electrons. The van der Waals surface area contributed by atoms with Gasteiger partial charge in [-0.15, -0.1) is 12.4 Å². The molecule has 0 saturated carbocycles. The van der Waals surface area contributed by atoms with Crippen molar-refractivity contribution in [3.8, 4) is 0 Å². The Morgan fingerprint density at radius 2 is 1.00 bits per heavy atom. The molecular weight excluding hydrogens is 438 g/mol. The van der Waals surface area contributed by atoms with Gasteiger partial charge in [0.05, 0.1) is 0 Å². The smallest absolute Gasteiger partial charge is 0.377 e. The van der Waals surface area contributed by atoms with Crippen molar-refractivity contribution in [1.29, 1.82) is 0 Å². The van der Waals surface area contributed by atoms with Crippen LogP contribution in [-0.2, 0) is 13.3 Å². The van der Waals surface area contributed by atoms with Crippen LogP contribution in [0.4, 0.5) is 0 Å². The van der Waals surface area contributed by atoms with E-state index < -0.39 is 8.80 Å². The van der Waals surface area contributed by atoms with E-state index in [0.29, 0.717) is 5.92 Å². The predicted octanol–water partition coefficient (Wildman–Crippen LogP) is 8.29. The first kappa shape index (κ1) is 34.5. The molecule has 2 atom stereocenters. The van der Waals surface area contributed by atoms with Crippen molar-refractivity contribution in [2.24, 2.45) is 11.7 Å². The van der Waals surface area contributed by atoms with E-state index in [1.165, 1.54) is 83.5 Å². The van der Waals surface area contributed by atoms with Crippen LogP contribution in [0.25, 0.3) is 0 Å². The highest BCUT2D eigenvalue weighted by Crippen LogP contribution is 2.43. The zero-order valence-electron chi connectivity index (χ0n) is 22.7. The molecule has 0 aromatic carbocycles. The summed E-state index contributed by atoms with van der Waals surface area (Å²) >= 11 is 0. The van der Waals surface area contributed by atoms with Gasteiger partial charge in [-0.25, -0.2) is 0 Å². The summed E-state index contributed by atoms with van der Waals surface area (Å²) in [7, 11) is 2.48. The lowest BCUT2D eigenvalue weighted by Crippen LogP contribution is -2.55. The maximum absolute atomic E-state index is 6.63. The maximum atomic E-state index is 6.63. The summed E-state index contributed by atoms with van der Waals surface area (Å²) in [4.78, 5) is 0. The number of nitrogens with two attached hydrogens (primary N) is 1. The second-order valence-electron chi connectivity index (χ2n) is 10.1. The Morgan fingerprint density at radius 1 is 0.625 bits per heavy atom. The van der Waals surface area contributed by atoms with Crippen LogP contribution in [0, 0.1) is 5.92 Å². The van der Waals surface area contributed by atoms with Crippen molar-refractivity contribution in [3.63, 3.8) is 0 Å². The highest BCUT2D eigenvalue weighted by atomic mass is 35.5. The molecule has 0 rings (SSSR count). The fraction of sp³-hybridized carbons (Fsp3) is 1.00. The van der Waals surface area contributed by atoms with Crippen molar-refractivity contribution in [2.75, 3.05) is 21.3 Å². The normalized spacial score (nSPS) is 14.2. The van der Waals surface area contributed by atoms with Crippen molar-refractivity contribution < 1.29 is 13.3 Å². The van der Waals surface area contributed by atoms with Gasteiger partial charge in [0.2, 0.25) is 0 Å². The van der Waals surface area contributed by atoms with Crippen molar-refractivity contribution in [2.45, 2.75) is 142 Å². The lowest BCUT2D eigenvalue weighted by molar-refractivity contribution is 0.0869. The molecule has 0 aromatic heterocycles.